The third-order valence-corrected chi connectivity index (χ3v) is 1.39. The highest BCUT2D eigenvalue weighted by molar-refractivity contribution is 8.06. The van der Waals surface area contributed by atoms with Crippen LogP contribution in [0.3, 0.4) is 0 Å². The summed E-state index contributed by atoms with van der Waals surface area (Å²) < 4.78 is 0. The lowest BCUT2D eigenvalue weighted by atomic mass is 10.1. The minimum absolute atomic E-state index is 0.935. The van der Waals surface area contributed by atoms with Crippen molar-refractivity contribution in [3.8, 4) is 0 Å². The molecule has 10 heteroatoms. The molecule has 0 heterocycles. The van der Waals surface area contributed by atoms with Gasteiger partial charge in [0.05, 0.1) is 0 Å². The van der Waals surface area contributed by atoms with E-state index in [9.17, 15) is 0 Å². The third kappa shape index (κ3) is 116. The summed E-state index contributed by atoms with van der Waals surface area (Å²) in [7, 11) is 0. The monoisotopic (exact) mass is 314 g/mol. The van der Waals surface area contributed by atoms with E-state index in [0.717, 1.165) is 5.92 Å². The van der Waals surface area contributed by atoms with E-state index in [1.807, 2.05) is 0 Å². The van der Waals surface area contributed by atoms with Crippen molar-refractivity contribution in [1.82, 2.24) is 0 Å². The lowest BCUT2D eigenvalue weighted by Crippen LogP contribution is -1.85. The van der Waals surface area contributed by atoms with Crippen molar-refractivity contribution < 1.29 is 29.4 Å². The summed E-state index contributed by atoms with van der Waals surface area (Å²) in [6.07, 6.45) is 2.66. The summed E-state index contributed by atoms with van der Waals surface area (Å²) in [4.78, 5) is 45.3. The van der Waals surface area contributed by atoms with Crippen LogP contribution < -0.4 is 0 Å². The second kappa shape index (κ2) is 11.2. The van der Waals surface area contributed by atoms with E-state index < -0.39 is 13.4 Å². The highest BCUT2D eigenvalue weighted by Gasteiger charge is 1.92. The van der Waals surface area contributed by atoms with Crippen molar-refractivity contribution in [3.05, 3.63) is 0 Å². The average molecular weight is 314 g/mol. The first-order valence-corrected chi connectivity index (χ1v) is 9.69. The van der Waals surface area contributed by atoms with Gasteiger partial charge in [-0.15, -0.1) is 0 Å². The lowest BCUT2D eigenvalue weighted by molar-refractivity contribution is 0.361. The first kappa shape index (κ1) is 22.3. The number of hydrogen-bond donors (Lipinski definition) is 6. The van der Waals surface area contributed by atoms with Crippen LogP contribution >= 0.6 is 13.4 Å². The first-order chi connectivity index (χ1) is 6.81. The molecule has 0 bridgehead atoms. The molecular weight excluding hydrogens is 294 g/mol. The lowest BCUT2D eigenvalue weighted by Gasteiger charge is -1.98. The largest absolute Gasteiger partial charge is 0.325 e. The van der Waals surface area contributed by atoms with Crippen LogP contribution in [0, 0.1) is 5.92 Å². The van der Waals surface area contributed by atoms with Gasteiger partial charge in [0.25, 0.3) is 0 Å². The smallest absolute Gasteiger partial charge is 0.319 e. The quantitative estimate of drug-likeness (QED) is 0.414. The molecule has 102 valence electrons. The van der Waals surface area contributed by atoms with E-state index in [4.69, 9.17) is 29.4 Å². The Hall–Kier alpha value is 1.06. The Labute approximate surface area is 106 Å². The minimum Gasteiger partial charge on any atom is -0.325 e. The fourth-order valence-electron chi connectivity index (χ4n) is 0.289. The molecule has 0 aromatic rings. The maximum atomic E-state index is 7.56. The van der Waals surface area contributed by atoms with Gasteiger partial charge in [0.15, 0.2) is 0 Å². The van der Waals surface area contributed by atoms with Crippen LogP contribution in [0.5, 0.6) is 0 Å². The van der Waals surface area contributed by atoms with Crippen molar-refractivity contribution in [3.63, 3.8) is 0 Å². The van der Waals surface area contributed by atoms with Gasteiger partial charge in [-0.25, -0.2) is 0 Å². The molecule has 0 saturated heterocycles. The molecule has 0 aliphatic carbocycles. The van der Waals surface area contributed by atoms with E-state index in [-0.39, 0.29) is 0 Å². The van der Waals surface area contributed by atoms with Gasteiger partial charge >= 0.3 is 13.4 Å². The van der Waals surface area contributed by atoms with Crippen molar-refractivity contribution in [2.75, 3.05) is 0 Å². The van der Waals surface area contributed by atoms with Gasteiger partial charge < -0.3 is 29.4 Å². The van der Waals surface area contributed by atoms with Crippen LogP contribution in [-0.4, -0.2) is 29.4 Å². The molecule has 0 aromatic carbocycles. The van der Waals surface area contributed by atoms with Crippen molar-refractivity contribution >= 4 is 37.1 Å². The van der Waals surface area contributed by atoms with Crippen LogP contribution in [0.15, 0.2) is 0 Å². The fourth-order valence-corrected chi connectivity index (χ4v) is 0.289. The van der Waals surface area contributed by atoms with Gasteiger partial charge in [0, 0.05) is 0 Å². The van der Waals surface area contributed by atoms with Crippen molar-refractivity contribution in [2.45, 2.75) is 33.6 Å². The summed E-state index contributed by atoms with van der Waals surface area (Å²) in [5.74, 6) is 0.935. The predicted octanol–water partition coefficient (Wildman–Crippen LogP) is 0.818. The molecule has 0 atom stereocenters. The molecule has 0 unspecified atom stereocenters. The van der Waals surface area contributed by atoms with Crippen LogP contribution in [0.2, 0.25) is 0 Å². The first-order valence-electron chi connectivity index (χ1n) is 4.37. The molecule has 0 amide bonds. The van der Waals surface area contributed by atoms with Gasteiger partial charge in [-0.3, -0.25) is 0 Å². The summed E-state index contributed by atoms with van der Waals surface area (Å²) in [5, 5.41) is 0. The minimum atomic E-state index is -3.81. The van der Waals surface area contributed by atoms with E-state index in [2.05, 4.69) is 44.4 Å². The molecule has 0 saturated carbocycles. The number of rotatable bonds is 2. The molecule has 0 aromatic heterocycles. The highest BCUT2D eigenvalue weighted by Crippen LogP contribution is 2.26. The molecule has 6 N–H and O–H groups in total. The highest BCUT2D eigenvalue weighted by atomic mass is 32.5. The molecule has 0 fully saturated rings. The van der Waals surface area contributed by atoms with Gasteiger partial charge in [-0.2, -0.15) is 0 Å². The van der Waals surface area contributed by atoms with Crippen LogP contribution in [-0.2, 0) is 23.6 Å². The van der Waals surface area contributed by atoms with Crippen LogP contribution in [0.25, 0.3) is 0 Å². The average Bonchev–Trinajstić information content (AvgIpc) is 1.96. The summed E-state index contributed by atoms with van der Waals surface area (Å²) in [5.41, 5.74) is 0. The molecule has 0 spiro atoms. The fraction of sp³-hybridized carbons (Fsp3) is 1.00. The Morgan fingerprint density at radius 3 is 0.938 bits per heavy atom. The summed E-state index contributed by atoms with van der Waals surface area (Å²) in [6.45, 7) is -0.873. The zero-order chi connectivity index (χ0) is 14.0. The van der Waals surface area contributed by atoms with Gasteiger partial charge in [0.2, 0.25) is 0 Å². The second-order valence-corrected chi connectivity index (χ2v) is 7.94. The van der Waals surface area contributed by atoms with E-state index in [0.29, 0.717) is 0 Å². The summed E-state index contributed by atoms with van der Waals surface area (Å²) in [6, 6.07) is 0. The standard InChI is InChI=1S/C6H14.2H3O3PS/c1-4-6(3)5-2;2*1-4(2,3)5/h6H,4-5H2,1-3H3;2*(H3,1,2,3,5). The maximum absolute atomic E-state index is 7.56. The maximum Gasteiger partial charge on any atom is 0.319 e. The van der Waals surface area contributed by atoms with Crippen molar-refractivity contribution in [2.24, 2.45) is 5.92 Å². The predicted molar refractivity (Wildman–Crippen MR) is 71.6 cm³/mol. The molecule has 0 aliphatic heterocycles. The molecule has 6 nitrogen and oxygen atoms in total. The zero-order valence-corrected chi connectivity index (χ0v) is 12.8. The van der Waals surface area contributed by atoms with E-state index in [1.165, 1.54) is 12.8 Å². The molecule has 0 radical (unpaired) electrons. The van der Waals surface area contributed by atoms with Gasteiger partial charge in [-0.1, -0.05) is 33.6 Å². The zero-order valence-electron chi connectivity index (χ0n) is 9.39. The molecule has 0 rings (SSSR count). The molecular formula is C6H20O6P2S2. The Morgan fingerprint density at radius 1 is 0.812 bits per heavy atom. The Balaban J connectivity index is -0.000000160. The second-order valence-electron chi connectivity index (χ2n) is 2.95. The van der Waals surface area contributed by atoms with Gasteiger partial charge in [0.1, 0.15) is 0 Å². The normalized spacial score (nSPS) is 11.1. The van der Waals surface area contributed by atoms with E-state index in [1.54, 1.807) is 0 Å². The molecule has 16 heavy (non-hydrogen) atoms. The Bertz CT molecular complexity index is 197. The van der Waals surface area contributed by atoms with Gasteiger partial charge in [-0.05, 0) is 29.5 Å². The molecule has 0 aliphatic rings. The topological polar surface area (TPSA) is 121 Å². The Kier molecular flexibility index (Phi) is 15.5. The number of hydrogen-bond acceptors (Lipinski definition) is 2. The summed E-state index contributed by atoms with van der Waals surface area (Å²) >= 11 is 7.21. The van der Waals surface area contributed by atoms with Crippen LogP contribution in [0.1, 0.15) is 33.6 Å². The van der Waals surface area contributed by atoms with E-state index >= 15 is 0 Å². The Morgan fingerprint density at radius 2 is 0.938 bits per heavy atom. The van der Waals surface area contributed by atoms with Crippen molar-refractivity contribution in [1.29, 1.82) is 0 Å². The SMILES string of the molecule is CCC(C)CC.OP(O)(O)=S.OP(O)(O)=S. The third-order valence-electron chi connectivity index (χ3n) is 1.39. The van der Waals surface area contributed by atoms with Crippen LogP contribution in [0.4, 0.5) is 0 Å².